The predicted molar refractivity (Wildman–Crippen MR) is 88.1 cm³/mol. The molecule has 112 valence electrons. The molecule has 0 fully saturated rings. The van der Waals surface area contributed by atoms with Crippen LogP contribution in [0.1, 0.15) is 29.4 Å². The Morgan fingerprint density at radius 3 is 2.90 bits per heavy atom. The van der Waals surface area contributed by atoms with Crippen molar-refractivity contribution in [1.29, 1.82) is 0 Å². The SMILES string of the molecule is CCCNc1ccc(Cl)c(C(=O)N(C)Cc2ccsc2)n1. The second-order valence-electron chi connectivity index (χ2n) is 4.75. The zero-order valence-corrected chi connectivity index (χ0v) is 13.7. The molecule has 0 aliphatic heterocycles. The van der Waals surface area contributed by atoms with E-state index < -0.39 is 0 Å². The van der Waals surface area contributed by atoms with E-state index >= 15 is 0 Å². The van der Waals surface area contributed by atoms with Gasteiger partial charge in [-0.2, -0.15) is 11.3 Å². The van der Waals surface area contributed by atoms with Crippen molar-refractivity contribution >= 4 is 34.7 Å². The molecule has 0 spiro atoms. The van der Waals surface area contributed by atoms with E-state index in [1.807, 2.05) is 16.8 Å². The maximum absolute atomic E-state index is 12.5. The second-order valence-corrected chi connectivity index (χ2v) is 5.93. The summed E-state index contributed by atoms with van der Waals surface area (Å²) in [5.41, 5.74) is 1.39. The van der Waals surface area contributed by atoms with Gasteiger partial charge in [-0.15, -0.1) is 0 Å². The van der Waals surface area contributed by atoms with Gasteiger partial charge in [-0.25, -0.2) is 4.98 Å². The van der Waals surface area contributed by atoms with Crippen molar-refractivity contribution in [2.24, 2.45) is 0 Å². The van der Waals surface area contributed by atoms with Gasteiger partial charge >= 0.3 is 0 Å². The Morgan fingerprint density at radius 1 is 1.43 bits per heavy atom. The van der Waals surface area contributed by atoms with Gasteiger partial charge in [0.1, 0.15) is 11.5 Å². The highest BCUT2D eigenvalue weighted by atomic mass is 35.5. The molecule has 6 heteroatoms. The fraction of sp³-hybridized carbons (Fsp3) is 0.333. The Kier molecular flexibility index (Phi) is 5.59. The summed E-state index contributed by atoms with van der Waals surface area (Å²) in [5.74, 6) is 0.500. The van der Waals surface area contributed by atoms with E-state index in [0.717, 1.165) is 18.5 Å². The van der Waals surface area contributed by atoms with Crippen molar-refractivity contribution in [3.8, 4) is 0 Å². The van der Waals surface area contributed by atoms with Gasteiger partial charge in [0, 0.05) is 20.1 Å². The van der Waals surface area contributed by atoms with Gasteiger partial charge < -0.3 is 10.2 Å². The first-order chi connectivity index (χ1) is 10.1. The minimum absolute atomic E-state index is 0.175. The number of hydrogen-bond donors (Lipinski definition) is 1. The van der Waals surface area contributed by atoms with Crippen LogP contribution in [-0.2, 0) is 6.54 Å². The topological polar surface area (TPSA) is 45.2 Å². The molecule has 0 aromatic carbocycles. The van der Waals surface area contributed by atoms with Crippen molar-refractivity contribution in [3.63, 3.8) is 0 Å². The molecule has 0 saturated heterocycles. The van der Waals surface area contributed by atoms with Crippen molar-refractivity contribution in [2.75, 3.05) is 18.9 Å². The van der Waals surface area contributed by atoms with E-state index in [9.17, 15) is 4.79 Å². The van der Waals surface area contributed by atoms with Gasteiger partial charge in [0.25, 0.3) is 5.91 Å². The Balaban J connectivity index is 2.13. The number of amides is 1. The first-order valence-corrected chi connectivity index (χ1v) is 8.11. The zero-order chi connectivity index (χ0) is 15.2. The van der Waals surface area contributed by atoms with E-state index in [4.69, 9.17) is 11.6 Å². The fourth-order valence-corrected chi connectivity index (χ4v) is 2.70. The highest BCUT2D eigenvalue weighted by Crippen LogP contribution is 2.19. The van der Waals surface area contributed by atoms with Crippen molar-refractivity contribution < 1.29 is 4.79 Å². The summed E-state index contributed by atoms with van der Waals surface area (Å²) in [7, 11) is 1.75. The lowest BCUT2D eigenvalue weighted by Crippen LogP contribution is -2.27. The molecule has 2 rings (SSSR count). The maximum Gasteiger partial charge on any atom is 0.274 e. The van der Waals surface area contributed by atoms with E-state index in [2.05, 4.69) is 17.2 Å². The molecule has 0 aliphatic rings. The number of anilines is 1. The smallest absolute Gasteiger partial charge is 0.274 e. The molecular formula is C15H18ClN3OS. The number of nitrogens with one attached hydrogen (secondary N) is 1. The summed E-state index contributed by atoms with van der Waals surface area (Å²) in [6, 6.07) is 5.49. The summed E-state index contributed by atoms with van der Waals surface area (Å²) in [4.78, 5) is 18.4. The van der Waals surface area contributed by atoms with E-state index in [1.165, 1.54) is 0 Å². The molecule has 1 N–H and O–H groups in total. The van der Waals surface area contributed by atoms with Crippen LogP contribution in [0.2, 0.25) is 5.02 Å². The molecule has 2 aromatic heterocycles. The fourth-order valence-electron chi connectivity index (χ4n) is 1.85. The van der Waals surface area contributed by atoms with Crippen molar-refractivity contribution in [1.82, 2.24) is 9.88 Å². The third-order valence-electron chi connectivity index (χ3n) is 2.95. The van der Waals surface area contributed by atoms with E-state index in [-0.39, 0.29) is 11.6 Å². The summed E-state index contributed by atoms with van der Waals surface area (Å²) < 4.78 is 0. The minimum atomic E-state index is -0.175. The molecule has 1 amide bonds. The largest absolute Gasteiger partial charge is 0.370 e. The molecule has 2 heterocycles. The quantitative estimate of drug-likeness (QED) is 0.877. The van der Waals surface area contributed by atoms with Crippen LogP contribution in [-0.4, -0.2) is 29.4 Å². The number of rotatable bonds is 6. The molecule has 0 aliphatic carbocycles. The number of aromatic nitrogens is 1. The monoisotopic (exact) mass is 323 g/mol. The van der Waals surface area contributed by atoms with E-state index in [0.29, 0.717) is 17.4 Å². The molecular weight excluding hydrogens is 306 g/mol. The number of carbonyl (C=O) groups is 1. The van der Waals surface area contributed by atoms with Crippen LogP contribution in [0.25, 0.3) is 0 Å². The number of halogens is 1. The number of nitrogens with zero attached hydrogens (tertiary/aromatic N) is 2. The normalized spacial score (nSPS) is 10.4. The summed E-state index contributed by atoms with van der Waals surface area (Å²) in [5, 5.41) is 7.56. The lowest BCUT2D eigenvalue weighted by atomic mass is 10.2. The predicted octanol–water partition coefficient (Wildman–Crippen LogP) is 3.89. The highest BCUT2D eigenvalue weighted by Gasteiger charge is 2.18. The molecule has 0 radical (unpaired) electrons. The Morgan fingerprint density at radius 2 is 2.24 bits per heavy atom. The lowest BCUT2D eigenvalue weighted by Gasteiger charge is -2.17. The standard InChI is InChI=1S/C15H18ClN3OS/c1-3-7-17-13-5-4-12(16)14(18-13)15(20)19(2)9-11-6-8-21-10-11/h4-6,8,10H,3,7,9H2,1-2H3,(H,17,18). The zero-order valence-electron chi connectivity index (χ0n) is 12.1. The third kappa shape index (κ3) is 4.19. The van der Waals surface area contributed by atoms with Gasteiger partial charge in [-0.05, 0) is 40.9 Å². The van der Waals surface area contributed by atoms with Crippen LogP contribution in [0, 0.1) is 0 Å². The van der Waals surface area contributed by atoms with Crippen LogP contribution in [0.15, 0.2) is 29.0 Å². The maximum atomic E-state index is 12.5. The first-order valence-electron chi connectivity index (χ1n) is 6.78. The molecule has 2 aromatic rings. The van der Waals surface area contributed by atoms with Crippen LogP contribution in [0.4, 0.5) is 5.82 Å². The molecule has 0 bridgehead atoms. The van der Waals surface area contributed by atoms with Crippen molar-refractivity contribution in [2.45, 2.75) is 19.9 Å². The average molecular weight is 324 g/mol. The Bertz CT molecular complexity index is 601. The third-order valence-corrected chi connectivity index (χ3v) is 3.99. The molecule has 4 nitrogen and oxygen atoms in total. The van der Waals surface area contributed by atoms with Crippen LogP contribution in [0.5, 0.6) is 0 Å². The number of pyridine rings is 1. The average Bonchev–Trinajstić information content (AvgIpc) is 2.98. The highest BCUT2D eigenvalue weighted by molar-refractivity contribution is 7.07. The van der Waals surface area contributed by atoms with Gasteiger partial charge in [-0.3, -0.25) is 4.79 Å². The number of carbonyl (C=O) groups excluding carboxylic acids is 1. The van der Waals surface area contributed by atoms with Gasteiger partial charge in [0.2, 0.25) is 0 Å². The second kappa shape index (κ2) is 7.43. The van der Waals surface area contributed by atoms with Gasteiger partial charge in [-0.1, -0.05) is 18.5 Å². The minimum Gasteiger partial charge on any atom is -0.370 e. The first kappa shape index (κ1) is 15.8. The van der Waals surface area contributed by atoms with Crippen molar-refractivity contribution in [3.05, 3.63) is 45.2 Å². The summed E-state index contributed by atoms with van der Waals surface area (Å²) in [6.45, 7) is 3.43. The Hall–Kier alpha value is -1.59. The molecule has 0 atom stereocenters. The van der Waals surface area contributed by atoms with E-state index in [1.54, 1.807) is 35.4 Å². The van der Waals surface area contributed by atoms with Gasteiger partial charge in [0.05, 0.1) is 5.02 Å². The van der Waals surface area contributed by atoms with Gasteiger partial charge in [0.15, 0.2) is 0 Å². The molecule has 0 saturated carbocycles. The summed E-state index contributed by atoms with van der Waals surface area (Å²) in [6.07, 6.45) is 0.992. The lowest BCUT2D eigenvalue weighted by molar-refractivity contribution is 0.0780. The van der Waals surface area contributed by atoms with Crippen LogP contribution >= 0.6 is 22.9 Å². The Labute approximate surface area is 133 Å². The van der Waals surface area contributed by atoms with Crippen LogP contribution < -0.4 is 5.32 Å². The number of thiophene rings is 1. The molecule has 0 unspecified atom stereocenters. The number of hydrogen-bond acceptors (Lipinski definition) is 4. The molecule has 21 heavy (non-hydrogen) atoms. The summed E-state index contributed by atoms with van der Waals surface area (Å²) >= 11 is 7.73. The van der Waals surface area contributed by atoms with Crippen LogP contribution in [0.3, 0.4) is 0 Å².